The van der Waals surface area contributed by atoms with Crippen molar-refractivity contribution in [2.45, 2.75) is 18.8 Å². The van der Waals surface area contributed by atoms with Crippen LogP contribution in [0.5, 0.6) is 0 Å². The largest absolute Gasteiger partial charge is 0.345 e. The Morgan fingerprint density at radius 1 is 1.24 bits per heavy atom. The number of hydrogen-bond donors (Lipinski definition) is 1. The molecule has 2 rings (SSSR count). The zero-order valence-corrected chi connectivity index (χ0v) is 10.6. The molecule has 1 fully saturated rings. The second-order valence-electron chi connectivity index (χ2n) is 4.81. The van der Waals surface area contributed by atoms with Crippen molar-refractivity contribution in [3.8, 4) is 0 Å². The van der Waals surface area contributed by atoms with E-state index in [0.29, 0.717) is 5.92 Å². The minimum absolute atomic E-state index is 0.110. The van der Waals surface area contributed by atoms with Gasteiger partial charge in [-0.2, -0.15) is 0 Å². The van der Waals surface area contributed by atoms with Gasteiger partial charge in [0.15, 0.2) is 0 Å². The third kappa shape index (κ3) is 2.67. The Morgan fingerprint density at radius 3 is 2.53 bits per heavy atom. The monoisotopic (exact) mass is 232 g/mol. The fraction of sp³-hybridized carbons (Fsp3) is 0.500. The molecule has 1 amide bonds. The molecule has 1 N–H and O–H groups in total. The molecular weight excluding hydrogens is 212 g/mol. The number of hydrogen-bond acceptors (Lipinski definition) is 2. The van der Waals surface area contributed by atoms with Gasteiger partial charge < -0.3 is 10.2 Å². The molecule has 1 saturated heterocycles. The molecule has 0 saturated carbocycles. The first-order chi connectivity index (χ1) is 8.20. The van der Waals surface area contributed by atoms with Crippen LogP contribution in [0.2, 0.25) is 0 Å². The van der Waals surface area contributed by atoms with Gasteiger partial charge in [-0.3, -0.25) is 4.79 Å². The smallest absolute Gasteiger partial charge is 0.253 e. The Balaban J connectivity index is 2.29. The highest BCUT2D eigenvalue weighted by molar-refractivity contribution is 5.95. The summed E-state index contributed by atoms with van der Waals surface area (Å²) in [5, 5.41) is 3.36. The Morgan fingerprint density at radius 2 is 1.88 bits per heavy atom. The van der Waals surface area contributed by atoms with Gasteiger partial charge >= 0.3 is 0 Å². The predicted octanol–water partition coefficient (Wildman–Crippen LogP) is 1.86. The van der Waals surface area contributed by atoms with Crippen molar-refractivity contribution in [2.24, 2.45) is 0 Å². The van der Waals surface area contributed by atoms with Gasteiger partial charge in [-0.05, 0) is 43.5 Å². The minimum atomic E-state index is 0.110. The predicted molar refractivity (Wildman–Crippen MR) is 69.3 cm³/mol. The van der Waals surface area contributed by atoms with Crippen molar-refractivity contribution in [3.63, 3.8) is 0 Å². The molecule has 1 aliphatic rings. The van der Waals surface area contributed by atoms with Crippen LogP contribution in [-0.4, -0.2) is 38.0 Å². The average molecular weight is 232 g/mol. The first kappa shape index (κ1) is 12.1. The van der Waals surface area contributed by atoms with Crippen molar-refractivity contribution < 1.29 is 4.79 Å². The number of benzene rings is 1. The lowest BCUT2D eigenvalue weighted by Crippen LogP contribution is -2.29. The van der Waals surface area contributed by atoms with E-state index in [1.807, 2.05) is 32.3 Å². The van der Waals surface area contributed by atoms with Crippen molar-refractivity contribution >= 4 is 5.91 Å². The molecular formula is C14H20N2O. The van der Waals surface area contributed by atoms with Crippen LogP contribution in [0.25, 0.3) is 0 Å². The number of carbonyl (C=O) groups is 1. The van der Waals surface area contributed by atoms with Crippen LogP contribution in [0.4, 0.5) is 0 Å². The summed E-state index contributed by atoms with van der Waals surface area (Å²) in [7, 11) is 3.61. The van der Waals surface area contributed by atoms with Crippen LogP contribution in [0.3, 0.4) is 0 Å². The van der Waals surface area contributed by atoms with Crippen LogP contribution in [0, 0.1) is 0 Å². The SMILES string of the molecule is CN(C)C(=O)c1ccccc1C1CCNCC1. The van der Waals surface area contributed by atoms with Gasteiger partial charge in [0.1, 0.15) is 0 Å². The van der Waals surface area contributed by atoms with Gasteiger partial charge in [0.05, 0.1) is 0 Å². The molecule has 92 valence electrons. The van der Waals surface area contributed by atoms with E-state index in [1.54, 1.807) is 4.90 Å². The van der Waals surface area contributed by atoms with Gasteiger partial charge in [-0.15, -0.1) is 0 Å². The number of nitrogens with zero attached hydrogens (tertiary/aromatic N) is 1. The summed E-state index contributed by atoms with van der Waals surface area (Å²) in [6, 6.07) is 8.03. The second-order valence-corrected chi connectivity index (χ2v) is 4.81. The number of piperidine rings is 1. The van der Waals surface area contributed by atoms with Gasteiger partial charge in [-0.25, -0.2) is 0 Å². The zero-order chi connectivity index (χ0) is 12.3. The van der Waals surface area contributed by atoms with E-state index in [9.17, 15) is 4.79 Å². The number of carbonyl (C=O) groups excluding carboxylic acids is 1. The molecule has 1 aromatic rings. The summed E-state index contributed by atoms with van der Waals surface area (Å²) in [5.41, 5.74) is 2.08. The van der Waals surface area contributed by atoms with E-state index < -0.39 is 0 Å². The van der Waals surface area contributed by atoms with Crippen molar-refractivity contribution in [3.05, 3.63) is 35.4 Å². The minimum Gasteiger partial charge on any atom is -0.345 e. The average Bonchev–Trinajstić information content (AvgIpc) is 2.39. The molecule has 0 radical (unpaired) electrons. The highest BCUT2D eigenvalue weighted by atomic mass is 16.2. The summed E-state index contributed by atoms with van der Waals surface area (Å²) >= 11 is 0. The highest BCUT2D eigenvalue weighted by Crippen LogP contribution is 2.28. The van der Waals surface area contributed by atoms with Crippen molar-refractivity contribution in [1.82, 2.24) is 10.2 Å². The molecule has 1 aliphatic heterocycles. The molecule has 3 heteroatoms. The summed E-state index contributed by atoms with van der Waals surface area (Å²) < 4.78 is 0. The molecule has 1 aromatic carbocycles. The summed E-state index contributed by atoms with van der Waals surface area (Å²) in [6.45, 7) is 2.10. The van der Waals surface area contributed by atoms with E-state index in [1.165, 1.54) is 5.56 Å². The third-order valence-electron chi connectivity index (χ3n) is 3.38. The van der Waals surface area contributed by atoms with E-state index in [2.05, 4.69) is 11.4 Å². The van der Waals surface area contributed by atoms with Crippen LogP contribution >= 0.6 is 0 Å². The Hall–Kier alpha value is -1.35. The zero-order valence-electron chi connectivity index (χ0n) is 10.6. The maximum Gasteiger partial charge on any atom is 0.253 e. The van der Waals surface area contributed by atoms with E-state index in [4.69, 9.17) is 0 Å². The van der Waals surface area contributed by atoms with Crippen LogP contribution in [0.15, 0.2) is 24.3 Å². The topological polar surface area (TPSA) is 32.3 Å². The third-order valence-corrected chi connectivity index (χ3v) is 3.38. The molecule has 1 heterocycles. The standard InChI is InChI=1S/C14H20N2O/c1-16(2)14(17)13-6-4-3-5-12(13)11-7-9-15-10-8-11/h3-6,11,15H,7-10H2,1-2H3. The molecule has 3 nitrogen and oxygen atoms in total. The van der Waals surface area contributed by atoms with E-state index in [0.717, 1.165) is 31.5 Å². The maximum atomic E-state index is 12.1. The van der Waals surface area contributed by atoms with Crippen molar-refractivity contribution in [1.29, 1.82) is 0 Å². The van der Waals surface area contributed by atoms with Crippen molar-refractivity contribution in [2.75, 3.05) is 27.2 Å². The number of amides is 1. The van der Waals surface area contributed by atoms with E-state index >= 15 is 0 Å². The molecule has 17 heavy (non-hydrogen) atoms. The quantitative estimate of drug-likeness (QED) is 0.844. The van der Waals surface area contributed by atoms with Crippen LogP contribution < -0.4 is 5.32 Å². The van der Waals surface area contributed by atoms with Gasteiger partial charge in [0.2, 0.25) is 0 Å². The lowest BCUT2D eigenvalue weighted by Gasteiger charge is -2.25. The first-order valence-electron chi connectivity index (χ1n) is 6.21. The molecule has 0 unspecified atom stereocenters. The highest BCUT2D eigenvalue weighted by Gasteiger charge is 2.21. The molecule has 0 atom stereocenters. The molecule has 0 bridgehead atoms. The molecule has 0 aromatic heterocycles. The molecule has 0 aliphatic carbocycles. The summed E-state index contributed by atoms with van der Waals surface area (Å²) in [4.78, 5) is 13.8. The van der Waals surface area contributed by atoms with Crippen LogP contribution in [-0.2, 0) is 0 Å². The van der Waals surface area contributed by atoms with Gasteiger partial charge in [-0.1, -0.05) is 18.2 Å². The second kappa shape index (κ2) is 5.32. The van der Waals surface area contributed by atoms with Gasteiger partial charge in [0.25, 0.3) is 5.91 Å². The summed E-state index contributed by atoms with van der Waals surface area (Å²) in [5.74, 6) is 0.635. The Kier molecular flexibility index (Phi) is 3.79. The fourth-order valence-corrected chi connectivity index (χ4v) is 2.42. The van der Waals surface area contributed by atoms with E-state index in [-0.39, 0.29) is 5.91 Å². The maximum absolute atomic E-state index is 12.1. The Bertz CT molecular complexity index is 395. The normalized spacial score (nSPS) is 16.8. The molecule has 0 spiro atoms. The fourth-order valence-electron chi connectivity index (χ4n) is 2.42. The summed E-state index contributed by atoms with van der Waals surface area (Å²) in [6.07, 6.45) is 2.25. The number of rotatable bonds is 2. The lowest BCUT2D eigenvalue weighted by atomic mass is 9.87. The lowest BCUT2D eigenvalue weighted by molar-refractivity contribution is 0.0825. The van der Waals surface area contributed by atoms with Gasteiger partial charge in [0, 0.05) is 19.7 Å². The van der Waals surface area contributed by atoms with Crippen LogP contribution in [0.1, 0.15) is 34.7 Å². The number of nitrogens with one attached hydrogen (secondary N) is 1. The Labute approximate surface area is 103 Å². The first-order valence-corrected chi connectivity index (χ1v) is 6.21.